The molecule has 2 fully saturated rings. The number of likely N-dealkylation sites (tertiary alicyclic amines) is 2. The summed E-state index contributed by atoms with van der Waals surface area (Å²) in [6.45, 7) is 8.29. The number of hydrogen-bond donors (Lipinski definition) is 1. The van der Waals surface area contributed by atoms with E-state index < -0.39 is 0 Å². The number of rotatable bonds is 6. The Bertz CT molecular complexity index is 292. The third kappa shape index (κ3) is 3.91. The highest BCUT2D eigenvalue weighted by atomic mass is 16.5. The van der Waals surface area contributed by atoms with E-state index in [1.54, 1.807) is 0 Å². The summed E-state index contributed by atoms with van der Waals surface area (Å²) >= 11 is 0. The van der Waals surface area contributed by atoms with Crippen LogP contribution in [0.5, 0.6) is 0 Å². The molecule has 0 aromatic carbocycles. The molecule has 0 amide bonds. The minimum Gasteiger partial charge on any atom is -0.468 e. The number of carbonyl (C=O) groups excluding carboxylic acids is 1. The molecule has 110 valence electrons. The van der Waals surface area contributed by atoms with Gasteiger partial charge in [0.2, 0.25) is 0 Å². The fourth-order valence-corrected chi connectivity index (χ4v) is 3.25. The maximum absolute atomic E-state index is 11.7. The van der Waals surface area contributed by atoms with Gasteiger partial charge in [0.1, 0.15) is 6.04 Å². The van der Waals surface area contributed by atoms with Crippen molar-refractivity contribution < 1.29 is 9.53 Å². The van der Waals surface area contributed by atoms with E-state index in [2.05, 4.69) is 15.1 Å². The molecule has 5 nitrogen and oxygen atoms in total. The van der Waals surface area contributed by atoms with Gasteiger partial charge < -0.3 is 10.1 Å². The molecule has 0 aromatic heterocycles. The SMILES string of the molecule is CCNC(CN1CCC(N2CCCC2)C1)C(=O)OC. The molecule has 0 saturated carbocycles. The van der Waals surface area contributed by atoms with Crippen molar-refractivity contribution in [1.29, 1.82) is 0 Å². The second-order valence-electron chi connectivity index (χ2n) is 5.58. The molecule has 0 spiro atoms. The average Bonchev–Trinajstić information content (AvgIpc) is 3.07. The highest BCUT2D eigenvalue weighted by molar-refractivity contribution is 5.75. The summed E-state index contributed by atoms with van der Waals surface area (Å²) in [4.78, 5) is 16.7. The molecule has 0 bridgehead atoms. The van der Waals surface area contributed by atoms with Crippen molar-refractivity contribution in [2.75, 3.05) is 46.4 Å². The molecule has 5 heteroatoms. The van der Waals surface area contributed by atoms with E-state index in [0.717, 1.165) is 26.2 Å². The summed E-state index contributed by atoms with van der Waals surface area (Å²) in [5.74, 6) is -0.147. The monoisotopic (exact) mass is 269 g/mol. The molecular weight excluding hydrogens is 242 g/mol. The van der Waals surface area contributed by atoms with Crippen molar-refractivity contribution in [3.8, 4) is 0 Å². The Morgan fingerprint density at radius 1 is 1.37 bits per heavy atom. The van der Waals surface area contributed by atoms with E-state index in [9.17, 15) is 4.79 Å². The quantitative estimate of drug-likeness (QED) is 0.703. The Morgan fingerprint density at radius 3 is 2.74 bits per heavy atom. The Labute approximate surface area is 116 Å². The molecule has 19 heavy (non-hydrogen) atoms. The first-order valence-electron chi connectivity index (χ1n) is 7.52. The van der Waals surface area contributed by atoms with Gasteiger partial charge in [0, 0.05) is 19.1 Å². The number of likely N-dealkylation sites (N-methyl/N-ethyl adjacent to an activating group) is 1. The van der Waals surface area contributed by atoms with Crippen LogP contribution in [-0.2, 0) is 9.53 Å². The zero-order chi connectivity index (χ0) is 13.7. The van der Waals surface area contributed by atoms with Crippen molar-refractivity contribution in [2.45, 2.75) is 38.3 Å². The fourth-order valence-electron chi connectivity index (χ4n) is 3.25. The molecule has 2 saturated heterocycles. The molecule has 0 aromatic rings. The summed E-state index contributed by atoms with van der Waals surface area (Å²) in [5, 5.41) is 3.21. The number of hydrogen-bond acceptors (Lipinski definition) is 5. The van der Waals surface area contributed by atoms with Crippen LogP contribution in [-0.4, -0.2) is 74.2 Å². The van der Waals surface area contributed by atoms with Crippen molar-refractivity contribution in [2.24, 2.45) is 0 Å². The topological polar surface area (TPSA) is 44.8 Å². The summed E-state index contributed by atoms with van der Waals surface area (Å²) in [5.41, 5.74) is 0. The summed E-state index contributed by atoms with van der Waals surface area (Å²) in [7, 11) is 1.46. The van der Waals surface area contributed by atoms with Crippen LogP contribution in [0.3, 0.4) is 0 Å². The maximum Gasteiger partial charge on any atom is 0.324 e. The summed E-state index contributed by atoms with van der Waals surface area (Å²) in [6, 6.07) is 0.509. The summed E-state index contributed by atoms with van der Waals surface area (Å²) in [6.07, 6.45) is 3.93. The Morgan fingerprint density at radius 2 is 2.11 bits per heavy atom. The van der Waals surface area contributed by atoms with E-state index in [4.69, 9.17) is 4.74 Å². The van der Waals surface area contributed by atoms with Crippen LogP contribution < -0.4 is 5.32 Å². The highest BCUT2D eigenvalue weighted by Gasteiger charge is 2.31. The second-order valence-corrected chi connectivity index (χ2v) is 5.58. The Kier molecular flexibility index (Phi) is 5.60. The molecule has 2 aliphatic rings. The number of carbonyl (C=O) groups is 1. The van der Waals surface area contributed by atoms with Crippen LogP contribution in [0.2, 0.25) is 0 Å². The predicted octanol–water partition coefficient (Wildman–Crippen LogP) is 0.308. The van der Waals surface area contributed by atoms with Gasteiger partial charge in [-0.2, -0.15) is 0 Å². The number of nitrogens with one attached hydrogen (secondary N) is 1. The van der Waals surface area contributed by atoms with Crippen LogP contribution in [0.4, 0.5) is 0 Å². The predicted molar refractivity (Wildman–Crippen MR) is 75.1 cm³/mol. The van der Waals surface area contributed by atoms with Gasteiger partial charge >= 0.3 is 5.97 Å². The highest BCUT2D eigenvalue weighted by Crippen LogP contribution is 2.20. The minimum atomic E-state index is -0.188. The van der Waals surface area contributed by atoms with Gasteiger partial charge in [0.25, 0.3) is 0 Å². The smallest absolute Gasteiger partial charge is 0.324 e. The van der Waals surface area contributed by atoms with Crippen LogP contribution >= 0.6 is 0 Å². The number of ether oxygens (including phenoxy) is 1. The van der Waals surface area contributed by atoms with Gasteiger partial charge in [-0.05, 0) is 45.4 Å². The van der Waals surface area contributed by atoms with Crippen molar-refractivity contribution >= 4 is 5.97 Å². The van der Waals surface area contributed by atoms with E-state index in [-0.39, 0.29) is 12.0 Å². The van der Waals surface area contributed by atoms with Gasteiger partial charge in [-0.15, -0.1) is 0 Å². The summed E-state index contributed by atoms with van der Waals surface area (Å²) < 4.78 is 4.86. The fraction of sp³-hybridized carbons (Fsp3) is 0.929. The average molecular weight is 269 g/mol. The normalized spacial score (nSPS) is 26.7. The lowest BCUT2D eigenvalue weighted by atomic mass is 10.2. The maximum atomic E-state index is 11.7. The minimum absolute atomic E-state index is 0.147. The third-order valence-electron chi connectivity index (χ3n) is 4.28. The van der Waals surface area contributed by atoms with E-state index >= 15 is 0 Å². The van der Waals surface area contributed by atoms with Crippen LogP contribution in [0.1, 0.15) is 26.2 Å². The number of esters is 1. The van der Waals surface area contributed by atoms with Crippen LogP contribution in [0.15, 0.2) is 0 Å². The lowest BCUT2D eigenvalue weighted by molar-refractivity contribution is -0.143. The van der Waals surface area contributed by atoms with Crippen molar-refractivity contribution in [3.63, 3.8) is 0 Å². The number of methoxy groups -OCH3 is 1. The molecule has 2 atom stereocenters. The number of nitrogens with zero attached hydrogens (tertiary/aromatic N) is 2. The van der Waals surface area contributed by atoms with E-state index in [0.29, 0.717) is 6.04 Å². The first-order valence-corrected chi connectivity index (χ1v) is 7.52. The molecular formula is C14H27N3O2. The Hall–Kier alpha value is -0.650. The molecule has 0 radical (unpaired) electrons. The molecule has 0 aliphatic carbocycles. The molecule has 2 unspecified atom stereocenters. The van der Waals surface area contributed by atoms with Gasteiger partial charge in [-0.1, -0.05) is 6.92 Å². The first-order chi connectivity index (χ1) is 9.24. The molecule has 2 aliphatic heterocycles. The zero-order valence-corrected chi connectivity index (χ0v) is 12.2. The van der Waals surface area contributed by atoms with Gasteiger partial charge in [-0.3, -0.25) is 14.6 Å². The zero-order valence-electron chi connectivity index (χ0n) is 12.2. The lowest BCUT2D eigenvalue weighted by Gasteiger charge is -2.25. The Balaban J connectivity index is 1.80. The van der Waals surface area contributed by atoms with Gasteiger partial charge in [0.05, 0.1) is 7.11 Å². The second kappa shape index (κ2) is 7.22. The van der Waals surface area contributed by atoms with Crippen LogP contribution in [0.25, 0.3) is 0 Å². The van der Waals surface area contributed by atoms with Crippen molar-refractivity contribution in [3.05, 3.63) is 0 Å². The molecule has 2 rings (SSSR count). The van der Waals surface area contributed by atoms with Gasteiger partial charge in [0.15, 0.2) is 0 Å². The van der Waals surface area contributed by atoms with Crippen LogP contribution in [0, 0.1) is 0 Å². The standard InChI is InChI=1S/C14H27N3O2/c1-3-15-13(14(18)19-2)11-16-9-6-12(10-16)17-7-4-5-8-17/h12-13,15H,3-11H2,1-2H3. The molecule has 2 heterocycles. The third-order valence-corrected chi connectivity index (χ3v) is 4.28. The lowest BCUT2D eigenvalue weighted by Crippen LogP contribution is -2.47. The van der Waals surface area contributed by atoms with E-state index in [1.165, 1.54) is 39.5 Å². The van der Waals surface area contributed by atoms with Crippen molar-refractivity contribution in [1.82, 2.24) is 15.1 Å². The molecule has 1 N–H and O–H groups in total. The largest absolute Gasteiger partial charge is 0.468 e. The van der Waals surface area contributed by atoms with E-state index in [1.807, 2.05) is 6.92 Å². The first kappa shape index (κ1) is 14.8. The van der Waals surface area contributed by atoms with Gasteiger partial charge in [-0.25, -0.2) is 0 Å².